The van der Waals surface area contributed by atoms with Gasteiger partial charge in [-0.05, 0) is 12.5 Å². The number of carbonyl (C=O) groups is 2. The Labute approximate surface area is 118 Å². The molecule has 0 spiro atoms. The number of benzene rings is 1. The van der Waals surface area contributed by atoms with Crippen molar-refractivity contribution in [2.45, 2.75) is 19.4 Å². The van der Waals surface area contributed by atoms with Crippen LogP contribution in [0.4, 0.5) is 10.1 Å². The smallest absolute Gasteiger partial charge is 0.326 e. The van der Waals surface area contributed by atoms with Crippen molar-refractivity contribution in [3.05, 3.63) is 39.2 Å². The van der Waals surface area contributed by atoms with E-state index in [4.69, 9.17) is 10.2 Å². The molecule has 0 aliphatic heterocycles. The van der Waals surface area contributed by atoms with E-state index in [1.165, 1.54) is 6.92 Å². The molecular formula is C12H13FN2O6. The summed E-state index contributed by atoms with van der Waals surface area (Å²) < 4.78 is 13.9. The van der Waals surface area contributed by atoms with Crippen molar-refractivity contribution in [2.24, 2.45) is 0 Å². The second kappa shape index (κ2) is 6.75. The van der Waals surface area contributed by atoms with Crippen LogP contribution in [-0.4, -0.2) is 39.7 Å². The zero-order valence-electron chi connectivity index (χ0n) is 11.0. The van der Waals surface area contributed by atoms with Gasteiger partial charge in [-0.15, -0.1) is 0 Å². The minimum absolute atomic E-state index is 0.108. The Kier molecular flexibility index (Phi) is 5.30. The molecule has 3 N–H and O–H groups in total. The number of hydrogen-bond donors (Lipinski definition) is 3. The fourth-order valence-electron chi connectivity index (χ4n) is 1.64. The van der Waals surface area contributed by atoms with Crippen molar-refractivity contribution in [1.82, 2.24) is 5.32 Å². The molecule has 1 atom stereocenters. The maximum atomic E-state index is 13.9. The standard InChI is InChI=1S/C12H13FN2O6/c1-6-4-7(15(20)21)5-8(10(6)13)11(17)14-9(2-3-16)12(18)19/h4-5,9,16H,2-3H2,1H3,(H,14,17)(H,18,19). The molecule has 0 heterocycles. The fraction of sp³-hybridized carbons (Fsp3) is 0.333. The topological polar surface area (TPSA) is 130 Å². The molecule has 0 radical (unpaired) electrons. The van der Waals surface area contributed by atoms with Gasteiger partial charge in [0.25, 0.3) is 11.6 Å². The molecule has 0 saturated carbocycles. The van der Waals surface area contributed by atoms with E-state index in [2.05, 4.69) is 0 Å². The zero-order chi connectivity index (χ0) is 16.2. The van der Waals surface area contributed by atoms with Crippen LogP contribution in [0.2, 0.25) is 0 Å². The van der Waals surface area contributed by atoms with Gasteiger partial charge in [-0.3, -0.25) is 14.9 Å². The quantitative estimate of drug-likeness (QED) is 0.521. The van der Waals surface area contributed by atoms with E-state index < -0.39 is 46.5 Å². The summed E-state index contributed by atoms with van der Waals surface area (Å²) in [4.78, 5) is 32.6. The van der Waals surface area contributed by atoms with Crippen LogP contribution >= 0.6 is 0 Å². The molecule has 1 rings (SSSR count). The summed E-state index contributed by atoms with van der Waals surface area (Å²) in [6.45, 7) is 0.759. The predicted molar refractivity (Wildman–Crippen MR) is 68.4 cm³/mol. The number of carbonyl (C=O) groups excluding carboxylic acids is 1. The minimum atomic E-state index is -1.42. The molecule has 1 aromatic rings. The van der Waals surface area contributed by atoms with Gasteiger partial charge >= 0.3 is 5.97 Å². The SMILES string of the molecule is Cc1cc([N+](=O)[O-])cc(C(=O)NC(CCO)C(=O)O)c1F. The summed E-state index contributed by atoms with van der Waals surface area (Å²) in [7, 11) is 0. The number of non-ortho nitro benzene ring substituents is 1. The second-order valence-corrected chi connectivity index (χ2v) is 4.26. The Morgan fingerprint density at radius 2 is 2.10 bits per heavy atom. The van der Waals surface area contributed by atoms with Gasteiger partial charge in [0.15, 0.2) is 0 Å². The number of aryl methyl sites for hydroxylation is 1. The van der Waals surface area contributed by atoms with Crippen molar-refractivity contribution in [3.63, 3.8) is 0 Å². The highest BCUT2D eigenvalue weighted by Crippen LogP contribution is 2.21. The average Bonchev–Trinajstić information content (AvgIpc) is 2.40. The van der Waals surface area contributed by atoms with E-state index in [1.807, 2.05) is 5.32 Å². The van der Waals surface area contributed by atoms with E-state index in [-0.39, 0.29) is 12.0 Å². The maximum absolute atomic E-state index is 13.9. The molecule has 0 saturated heterocycles. The molecule has 1 aromatic carbocycles. The number of aliphatic hydroxyl groups excluding tert-OH is 1. The van der Waals surface area contributed by atoms with Crippen molar-refractivity contribution in [2.75, 3.05) is 6.61 Å². The minimum Gasteiger partial charge on any atom is -0.480 e. The first kappa shape index (κ1) is 16.5. The molecule has 0 aromatic heterocycles. The summed E-state index contributed by atoms with van der Waals surface area (Å²) in [5.74, 6) is -3.47. The van der Waals surface area contributed by atoms with Crippen molar-refractivity contribution < 1.29 is 29.1 Å². The molecule has 0 bridgehead atoms. The Morgan fingerprint density at radius 1 is 1.48 bits per heavy atom. The molecule has 8 nitrogen and oxygen atoms in total. The van der Waals surface area contributed by atoms with Crippen LogP contribution in [0.5, 0.6) is 0 Å². The number of nitro groups is 1. The number of nitro benzene ring substituents is 1. The normalized spacial score (nSPS) is 11.8. The summed E-state index contributed by atoms with van der Waals surface area (Å²) in [6.07, 6.45) is -0.267. The van der Waals surface area contributed by atoms with Crippen molar-refractivity contribution >= 4 is 17.6 Å². The highest BCUT2D eigenvalue weighted by atomic mass is 19.1. The lowest BCUT2D eigenvalue weighted by molar-refractivity contribution is -0.385. The number of rotatable bonds is 6. The molecule has 0 fully saturated rings. The van der Waals surface area contributed by atoms with E-state index in [1.54, 1.807) is 0 Å². The van der Waals surface area contributed by atoms with E-state index >= 15 is 0 Å². The van der Waals surface area contributed by atoms with E-state index in [0.29, 0.717) is 0 Å². The van der Waals surface area contributed by atoms with E-state index in [9.17, 15) is 24.1 Å². The molecule has 1 amide bonds. The number of hydrogen-bond acceptors (Lipinski definition) is 5. The first-order valence-electron chi connectivity index (χ1n) is 5.87. The molecule has 1 unspecified atom stereocenters. The predicted octanol–water partition coefficient (Wildman–Crippen LogP) is 0.608. The number of aliphatic hydroxyl groups is 1. The number of amides is 1. The first-order chi connectivity index (χ1) is 9.77. The average molecular weight is 300 g/mol. The van der Waals surface area contributed by atoms with Crippen LogP contribution in [0.25, 0.3) is 0 Å². The van der Waals surface area contributed by atoms with Gasteiger partial charge in [-0.2, -0.15) is 0 Å². The third-order valence-electron chi connectivity index (χ3n) is 2.72. The monoisotopic (exact) mass is 300 g/mol. The van der Waals surface area contributed by atoms with E-state index in [0.717, 1.165) is 12.1 Å². The van der Waals surface area contributed by atoms with Gasteiger partial charge < -0.3 is 15.5 Å². The van der Waals surface area contributed by atoms with Gasteiger partial charge in [0.1, 0.15) is 11.9 Å². The summed E-state index contributed by atoms with van der Waals surface area (Å²) in [6, 6.07) is 0.283. The number of aliphatic carboxylic acids is 1. The molecule has 0 aliphatic rings. The highest BCUT2D eigenvalue weighted by molar-refractivity contribution is 5.97. The molecule has 114 valence electrons. The molecular weight excluding hydrogens is 287 g/mol. The Balaban J connectivity index is 3.11. The highest BCUT2D eigenvalue weighted by Gasteiger charge is 2.24. The second-order valence-electron chi connectivity index (χ2n) is 4.26. The van der Waals surface area contributed by atoms with Crippen LogP contribution in [0.15, 0.2) is 12.1 Å². The lowest BCUT2D eigenvalue weighted by Gasteiger charge is -2.14. The van der Waals surface area contributed by atoms with Gasteiger partial charge in [-0.1, -0.05) is 0 Å². The van der Waals surface area contributed by atoms with Gasteiger partial charge in [0, 0.05) is 25.2 Å². The third-order valence-corrected chi connectivity index (χ3v) is 2.72. The largest absolute Gasteiger partial charge is 0.480 e. The van der Waals surface area contributed by atoms with Gasteiger partial charge in [0.05, 0.1) is 10.5 Å². The third kappa shape index (κ3) is 3.96. The lowest BCUT2D eigenvalue weighted by atomic mass is 10.1. The van der Waals surface area contributed by atoms with Gasteiger partial charge in [-0.25, -0.2) is 9.18 Å². The Morgan fingerprint density at radius 3 is 2.57 bits per heavy atom. The van der Waals surface area contributed by atoms with Crippen LogP contribution < -0.4 is 5.32 Å². The molecule has 0 aliphatic carbocycles. The van der Waals surface area contributed by atoms with Crippen LogP contribution in [0, 0.1) is 22.9 Å². The zero-order valence-corrected chi connectivity index (χ0v) is 11.0. The number of nitrogens with zero attached hydrogens (tertiary/aromatic N) is 1. The Bertz CT molecular complexity index is 589. The van der Waals surface area contributed by atoms with Crippen LogP contribution in [0.3, 0.4) is 0 Å². The summed E-state index contributed by atoms with van der Waals surface area (Å²) >= 11 is 0. The Hall–Kier alpha value is -2.55. The number of carboxylic acid groups (broad SMARTS) is 1. The molecule has 9 heteroatoms. The first-order valence-corrected chi connectivity index (χ1v) is 5.87. The lowest BCUT2D eigenvalue weighted by Crippen LogP contribution is -2.41. The number of carboxylic acids is 1. The number of nitrogens with one attached hydrogen (secondary N) is 1. The summed E-state index contributed by atoms with van der Waals surface area (Å²) in [5, 5.41) is 30.2. The van der Waals surface area contributed by atoms with Crippen molar-refractivity contribution in [3.8, 4) is 0 Å². The van der Waals surface area contributed by atoms with Crippen molar-refractivity contribution in [1.29, 1.82) is 0 Å². The molecule has 21 heavy (non-hydrogen) atoms. The fourth-order valence-corrected chi connectivity index (χ4v) is 1.64. The maximum Gasteiger partial charge on any atom is 0.326 e. The van der Waals surface area contributed by atoms with Crippen LogP contribution in [-0.2, 0) is 4.79 Å². The van der Waals surface area contributed by atoms with Gasteiger partial charge in [0.2, 0.25) is 0 Å². The number of halogens is 1. The summed E-state index contributed by atoms with van der Waals surface area (Å²) in [5.41, 5.74) is -1.21. The van der Waals surface area contributed by atoms with Crippen LogP contribution in [0.1, 0.15) is 22.3 Å².